The molecule has 0 atom stereocenters. The highest BCUT2D eigenvalue weighted by Gasteiger charge is 2.13. The number of aryl methyl sites for hydroxylation is 1. The first-order valence-electron chi connectivity index (χ1n) is 6.58. The molecule has 0 saturated heterocycles. The molecule has 2 rings (SSSR count). The zero-order valence-electron chi connectivity index (χ0n) is 12.6. The van der Waals surface area contributed by atoms with Crippen LogP contribution in [0.5, 0.6) is 0 Å². The third-order valence-corrected chi connectivity index (χ3v) is 3.55. The lowest BCUT2D eigenvalue weighted by molar-refractivity contribution is 0.963. The summed E-state index contributed by atoms with van der Waals surface area (Å²) in [5.41, 5.74) is 10.4. The average Bonchev–Trinajstić information content (AvgIpc) is 2.43. The molecule has 0 fully saturated rings. The van der Waals surface area contributed by atoms with Crippen LogP contribution < -0.4 is 16.0 Å². The van der Waals surface area contributed by atoms with Crippen molar-refractivity contribution >= 4 is 34.4 Å². The van der Waals surface area contributed by atoms with Crippen molar-refractivity contribution in [1.29, 1.82) is 0 Å². The van der Waals surface area contributed by atoms with E-state index in [-0.39, 0.29) is 0 Å². The van der Waals surface area contributed by atoms with E-state index in [0.717, 1.165) is 28.2 Å². The second-order valence-electron chi connectivity index (χ2n) is 5.06. The molecule has 0 spiro atoms. The van der Waals surface area contributed by atoms with Gasteiger partial charge in [0.25, 0.3) is 0 Å². The predicted molar refractivity (Wildman–Crippen MR) is 91.4 cm³/mol. The molecule has 6 heteroatoms. The number of aromatic nitrogens is 2. The quantitative estimate of drug-likeness (QED) is 0.846. The summed E-state index contributed by atoms with van der Waals surface area (Å²) < 4.78 is 0. The molecule has 21 heavy (non-hydrogen) atoms. The molecule has 110 valence electrons. The van der Waals surface area contributed by atoms with E-state index in [1.54, 1.807) is 0 Å². The predicted octanol–water partition coefficient (Wildman–Crippen LogP) is 2.54. The topological polar surface area (TPSA) is 67.1 Å². The summed E-state index contributed by atoms with van der Waals surface area (Å²) in [4.78, 5) is 2.36. The van der Waals surface area contributed by atoms with Crippen LogP contribution in [0.3, 0.4) is 0 Å². The van der Waals surface area contributed by atoms with Crippen LogP contribution in [-0.2, 0) is 0 Å². The number of nitrogens with two attached hydrogens (primary N) is 1. The first-order valence-corrected chi connectivity index (χ1v) is 6.99. The van der Waals surface area contributed by atoms with Gasteiger partial charge in [-0.1, -0.05) is 12.2 Å². The Morgan fingerprint density at radius 2 is 1.76 bits per heavy atom. The van der Waals surface area contributed by atoms with Crippen molar-refractivity contribution in [2.45, 2.75) is 13.8 Å². The second kappa shape index (κ2) is 6.05. The Kier molecular flexibility index (Phi) is 4.37. The Bertz CT molecular complexity index is 665. The largest absolute Gasteiger partial charge is 0.389 e. The van der Waals surface area contributed by atoms with Crippen LogP contribution in [0.15, 0.2) is 24.3 Å². The summed E-state index contributed by atoms with van der Waals surface area (Å²) in [5.74, 6) is 0.586. The Labute approximate surface area is 130 Å². The van der Waals surface area contributed by atoms with Crippen molar-refractivity contribution in [1.82, 2.24) is 10.2 Å². The van der Waals surface area contributed by atoms with Crippen molar-refractivity contribution in [3.05, 3.63) is 41.1 Å². The van der Waals surface area contributed by atoms with Gasteiger partial charge in [0.2, 0.25) is 0 Å². The van der Waals surface area contributed by atoms with Gasteiger partial charge in [0.1, 0.15) is 4.99 Å². The highest BCUT2D eigenvalue weighted by atomic mass is 32.1. The lowest BCUT2D eigenvalue weighted by Gasteiger charge is -2.15. The Balaban J connectivity index is 2.35. The van der Waals surface area contributed by atoms with Gasteiger partial charge in [0.15, 0.2) is 5.82 Å². The second-order valence-corrected chi connectivity index (χ2v) is 5.50. The van der Waals surface area contributed by atoms with Gasteiger partial charge >= 0.3 is 0 Å². The maximum Gasteiger partial charge on any atom is 0.163 e. The Hall–Kier alpha value is -2.21. The van der Waals surface area contributed by atoms with E-state index in [0.29, 0.717) is 10.8 Å². The first-order chi connectivity index (χ1) is 9.90. The summed E-state index contributed by atoms with van der Waals surface area (Å²) in [6.45, 7) is 3.83. The fraction of sp³-hybridized carbons (Fsp3) is 0.267. The highest BCUT2D eigenvalue weighted by Crippen LogP contribution is 2.23. The number of nitrogens with zero attached hydrogens (tertiary/aromatic N) is 3. The van der Waals surface area contributed by atoms with Crippen LogP contribution in [0.2, 0.25) is 0 Å². The minimum Gasteiger partial charge on any atom is -0.389 e. The number of nitrogens with one attached hydrogen (secondary N) is 1. The molecule has 1 aromatic carbocycles. The summed E-state index contributed by atoms with van der Waals surface area (Å²) in [6, 6.07) is 8.01. The minimum atomic E-state index is 0.318. The van der Waals surface area contributed by atoms with Gasteiger partial charge in [-0.3, -0.25) is 0 Å². The number of hydrogen-bond acceptors (Lipinski definition) is 5. The van der Waals surface area contributed by atoms with E-state index >= 15 is 0 Å². The SMILES string of the molecule is Cc1nnc(Nc2ccc(N(C)C)cc2)c(C(N)=S)c1C. The lowest BCUT2D eigenvalue weighted by Crippen LogP contribution is -2.17. The minimum absolute atomic E-state index is 0.318. The Morgan fingerprint density at radius 1 is 1.14 bits per heavy atom. The number of rotatable bonds is 4. The van der Waals surface area contributed by atoms with E-state index in [1.165, 1.54) is 0 Å². The van der Waals surface area contributed by atoms with Crippen molar-refractivity contribution in [2.24, 2.45) is 5.73 Å². The van der Waals surface area contributed by atoms with E-state index in [2.05, 4.69) is 15.5 Å². The molecular weight excluding hydrogens is 282 g/mol. The number of thiocarbonyl (C=S) groups is 1. The first kappa shape index (κ1) is 15.2. The molecule has 0 aliphatic carbocycles. The monoisotopic (exact) mass is 301 g/mol. The van der Waals surface area contributed by atoms with E-state index < -0.39 is 0 Å². The summed E-state index contributed by atoms with van der Waals surface area (Å²) in [5, 5.41) is 11.5. The molecule has 0 radical (unpaired) electrons. The fourth-order valence-electron chi connectivity index (χ4n) is 1.98. The molecule has 0 amide bonds. The van der Waals surface area contributed by atoms with E-state index in [1.807, 2.05) is 57.1 Å². The molecule has 0 bridgehead atoms. The van der Waals surface area contributed by atoms with Gasteiger partial charge < -0.3 is 16.0 Å². The van der Waals surface area contributed by atoms with Crippen LogP contribution in [0.1, 0.15) is 16.8 Å². The van der Waals surface area contributed by atoms with Crippen LogP contribution in [0, 0.1) is 13.8 Å². The molecule has 1 heterocycles. The zero-order valence-corrected chi connectivity index (χ0v) is 13.5. The molecule has 0 unspecified atom stereocenters. The van der Waals surface area contributed by atoms with Crippen LogP contribution in [0.25, 0.3) is 0 Å². The van der Waals surface area contributed by atoms with Gasteiger partial charge in [-0.2, -0.15) is 5.10 Å². The average molecular weight is 301 g/mol. The molecule has 0 saturated carbocycles. The normalized spacial score (nSPS) is 10.3. The Morgan fingerprint density at radius 3 is 2.29 bits per heavy atom. The lowest BCUT2D eigenvalue weighted by atomic mass is 10.1. The number of hydrogen-bond donors (Lipinski definition) is 2. The van der Waals surface area contributed by atoms with Crippen molar-refractivity contribution in [3.63, 3.8) is 0 Å². The number of benzene rings is 1. The molecular formula is C15H19N5S. The smallest absolute Gasteiger partial charge is 0.163 e. The van der Waals surface area contributed by atoms with Gasteiger partial charge in [-0.05, 0) is 43.7 Å². The molecule has 2 aromatic rings. The van der Waals surface area contributed by atoms with E-state index in [9.17, 15) is 0 Å². The zero-order chi connectivity index (χ0) is 15.6. The van der Waals surface area contributed by atoms with Gasteiger partial charge in [0.05, 0.1) is 11.3 Å². The van der Waals surface area contributed by atoms with Crippen LogP contribution in [0.4, 0.5) is 17.2 Å². The van der Waals surface area contributed by atoms with Crippen molar-refractivity contribution in [3.8, 4) is 0 Å². The molecule has 5 nitrogen and oxygen atoms in total. The van der Waals surface area contributed by atoms with Crippen LogP contribution in [-0.4, -0.2) is 29.3 Å². The molecule has 1 aromatic heterocycles. The van der Waals surface area contributed by atoms with Gasteiger partial charge in [-0.15, -0.1) is 5.10 Å². The fourth-order valence-corrected chi connectivity index (χ4v) is 2.23. The maximum atomic E-state index is 5.82. The molecule has 0 aliphatic heterocycles. The summed E-state index contributed by atoms with van der Waals surface area (Å²) >= 11 is 5.13. The number of anilines is 3. The van der Waals surface area contributed by atoms with Crippen molar-refractivity contribution in [2.75, 3.05) is 24.3 Å². The molecule has 3 N–H and O–H groups in total. The standard InChI is InChI=1S/C15H19N5S/c1-9-10(2)18-19-15(13(9)14(16)21)17-11-5-7-12(8-6-11)20(3)4/h5-8H,1-4H3,(H2,16,21)(H,17,19). The van der Waals surface area contributed by atoms with Crippen molar-refractivity contribution < 1.29 is 0 Å². The van der Waals surface area contributed by atoms with Gasteiger partial charge in [0, 0.05) is 25.5 Å². The third kappa shape index (κ3) is 3.28. The van der Waals surface area contributed by atoms with Crippen LogP contribution >= 0.6 is 12.2 Å². The maximum absolute atomic E-state index is 5.82. The van der Waals surface area contributed by atoms with Gasteiger partial charge in [-0.25, -0.2) is 0 Å². The summed E-state index contributed by atoms with van der Waals surface area (Å²) in [6.07, 6.45) is 0. The van der Waals surface area contributed by atoms with E-state index in [4.69, 9.17) is 18.0 Å². The third-order valence-electron chi connectivity index (χ3n) is 3.35. The highest BCUT2D eigenvalue weighted by molar-refractivity contribution is 7.80. The molecule has 0 aliphatic rings. The summed E-state index contributed by atoms with van der Waals surface area (Å²) in [7, 11) is 4.00.